The Kier molecular flexibility index (Phi) is 31.1. The molecule has 8 aromatic rings. The summed E-state index contributed by atoms with van der Waals surface area (Å²) in [5.41, 5.74) is 27.6. The van der Waals surface area contributed by atoms with Crippen molar-refractivity contribution < 1.29 is 28.5 Å². The highest BCUT2D eigenvalue weighted by molar-refractivity contribution is 6.30. The van der Waals surface area contributed by atoms with Crippen LogP contribution in [0.15, 0.2) is 122 Å². The van der Waals surface area contributed by atoms with E-state index >= 15 is 0 Å². The molecule has 35 heteroatoms. The molecule has 4 saturated carbocycles. The summed E-state index contributed by atoms with van der Waals surface area (Å²) in [6.07, 6.45) is 20.8. The van der Waals surface area contributed by atoms with Gasteiger partial charge in [0, 0.05) is 87.1 Å². The van der Waals surface area contributed by atoms with Crippen molar-refractivity contribution in [1.29, 1.82) is 0 Å². The van der Waals surface area contributed by atoms with Gasteiger partial charge in [0.05, 0.1) is 19.7 Å². The van der Waals surface area contributed by atoms with Crippen LogP contribution in [0.5, 0.6) is 0 Å². The highest BCUT2D eigenvalue weighted by Gasteiger charge is 2.27. The van der Waals surface area contributed by atoms with Crippen LogP contribution in [-0.4, -0.2) is 110 Å². The molecule has 0 spiro atoms. The van der Waals surface area contributed by atoms with Crippen molar-refractivity contribution in [2.75, 3.05) is 68.7 Å². The molecule has 4 aromatic carbocycles. The average Bonchev–Trinajstić information content (AvgIpc) is 0.853. The zero-order valence-electron chi connectivity index (χ0n) is 60.2. The van der Waals surface area contributed by atoms with Crippen LogP contribution < -0.4 is 65.5 Å². The number of nitrogens with two attached hydrogens (primary N) is 4. The van der Waals surface area contributed by atoms with Gasteiger partial charge in [-0.15, -0.1) is 0 Å². The first-order chi connectivity index (χ1) is 52.0. The lowest BCUT2D eigenvalue weighted by Crippen LogP contribution is -2.29. The maximum Gasteiger partial charge on any atom is 0.329 e. The summed E-state index contributed by atoms with van der Waals surface area (Å²) in [6.45, 7) is 6.05. The fourth-order valence-corrected chi connectivity index (χ4v) is 13.1. The van der Waals surface area contributed by atoms with Crippen LogP contribution in [0.2, 0.25) is 5.02 Å². The highest BCUT2D eigenvalue weighted by Crippen LogP contribution is 2.32. The highest BCUT2D eigenvalue weighted by atomic mass is 35.5. The molecule has 0 unspecified atom stereocenters. The number of hydrogen-bond donors (Lipinski definition) is 12. The van der Waals surface area contributed by atoms with Crippen molar-refractivity contribution in [2.24, 2.45) is 46.6 Å². The molecule has 4 fully saturated rings. The van der Waals surface area contributed by atoms with E-state index in [9.17, 15) is 49.2 Å². The maximum absolute atomic E-state index is 13.7. The van der Waals surface area contributed by atoms with E-state index < -0.39 is 19.7 Å². The molecular formula is C73H95ClF2N24O8. The number of nitrogens with zero attached hydrogens (tertiary/aromatic N) is 12. The van der Waals surface area contributed by atoms with Crippen LogP contribution >= 0.6 is 11.6 Å². The Hall–Kier alpha value is -10.8. The SMILES string of the molecule is Cc1cccc(CNc2ncc([N+](=O)[O-])c(NCC3CCC(N)CC3)n2)c1.NC1CCC(CNc2nc(NCc3cccc(Cl)c3)ncc2[N+](=O)[O-])CC1.NC1CCC(CNc2nc(NCc3cccc(F)c3)ncc2[N+](=O)[O-])CC1.NC1CCC(CNc2nc(NCc3ccccc3F)ncc2[N+](=O)[O-])CC1. The molecule has 32 nitrogen and oxygen atoms in total. The third-order valence-electron chi connectivity index (χ3n) is 19.3. The molecule has 0 atom stereocenters. The topological polar surface area (TPSA) is 476 Å². The predicted molar refractivity (Wildman–Crippen MR) is 413 cm³/mol. The van der Waals surface area contributed by atoms with Crippen LogP contribution in [0.3, 0.4) is 0 Å². The summed E-state index contributed by atoms with van der Waals surface area (Å²) >= 11 is 5.98. The van der Waals surface area contributed by atoms with Crippen LogP contribution in [-0.2, 0) is 26.2 Å². The van der Waals surface area contributed by atoms with Crippen molar-refractivity contribution in [1.82, 2.24) is 39.9 Å². The van der Waals surface area contributed by atoms with E-state index in [1.165, 1.54) is 42.4 Å². The van der Waals surface area contributed by atoms with Gasteiger partial charge in [0.25, 0.3) is 0 Å². The fourth-order valence-electron chi connectivity index (χ4n) is 12.9. The normalized spacial score (nSPS) is 19.5. The fraction of sp³-hybridized carbons (Fsp3) is 0.452. The lowest BCUT2D eigenvalue weighted by atomic mass is 9.86. The number of aryl methyl sites for hydroxylation is 1. The monoisotopic (exact) mass is 1510 g/mol. The smallest absolute Gasteiger partial charge is 0.329 e. The van der Waals surface area contributed by atoms with Gasteiger partial charge in [0.15, 0.2) is 0 Å². The first-order valence-corrected chi connectivity index (χ1v) is 36.7. The number of nitrogens with one attached hydrogen (secondary N) is 8. The van der Waals surface area contributed by atoms with E-state index in [4.69, 9.17) is 34.5 Å². The molecule has 16 N–H and O–H groups in total. The van der Waals surface area contributed by atoms with Gasteiger partial charge < -0.3 is 65.5 Å². The predicted octanol–water partition coefficient (Wildman–Crippen LogP) is 12.9. The summed E-state index contributed by atoms with van der Waals surface area (Å²) < 4.78 is 27.0. The second-order valence-corrected chi connectivity index (χ2v) is 28.1. The number of benzene rings is 4. The Bertz CT molecular complexity index is 3930. The molecule has 576 valence electrons. The van der Waals surface area contributed by atoms with E-state index in [-0.39, 0.29) is 100 Å². The standard InChI is InChI=1S/C19H26N6O2.C18H23ClN6O2.2C18H23FN6O2/c1-13-3-2-4-15(9-13)11-22-19-23-12-17(25(26)27)18(24-19)21-10-14-5-7-16(20)8-6-14;2*19-14-3-1-2-13(8-14)10-22-18-23-11-16(25(26)27)17(24-18)21-9-12-4-6-15(20)7-5-12;19-15-4-2-1-3-13(15)10-22-18-23-11-16(25(26)27)17(24-18)21-9-12-5-7-14(20)8-6-12/h2-4,9,12,14,16H,5-8,10-11,20H2,1H3,(H2,21,22,23,24);2*1-3,8,11-12,15H,4-7,9-10,20H2,(H2,21,22,23,24);1-4,11-12,14H,5-10,20H2,(H2,21,22,23,24). The largest absolute Gasteiger partial charge is 0.364 e. The van der Waals surface area contributed by atoms with Crippen LogP contribution in [0, 0.1) is 82.7 Å². The lowest BCUT2D eigenvalue weighted by Gasteiger charge is -2.26. The molecule has 0 bridgehead atoms. The van der Waals surface area contributed by atoms with Crippen LogP contribution in [0.4, 0.5) is 78.6 Å². The molecular weight excluding hydrogens is 1410 g/mol. The number of aromatic nitrogens is 8. The van der Waals surface area contributed by atoms with Gasteiger partial charge in [0.1, 0.15) is 36.4 Å². The molecule has 0 radical (unpaired) electrons. The van der Waals surface area contributed by atoms with Gasteiger partial charge in [-0.2, -0.15) is 19.9 Å². The first kappa shape index (κ1) is 81.3. The molecule has 0 aliphatic heterocycles. The minimum Gasteiger partial charge on any atom is -0.364 e. The Labute approximate surface area is 629 Å². The Balaban J connectivity index is 0.000000166. The van der Waals surface area contributed by atoms with Gasteiger partial charge >= 0.3 is 22.7 Å². The van der Waals surface area contributed by atoms with Crippen molar-refractivity contribution in [3.05, 3.63) is 207 Å². The quantitative estimate of drug-likeness (QED) is 0.0160. The Morgan fingerprint density at radius 3 is 1.01 bits per heavy atom. The Morgan fingerprint density at radius 2 is 0.694 bits per heavy atom. The zero-order valence-corrected chi connectivity index (χ0v) is 61.0. The van der Waals surface area contributed by atoms with Gasteiger partial charge in [0.2, 0.25) is 47.1 Å². The maximum atomic E-state index is 13.7. The Morgan fingerprint density at radius 1 is 0.389 bits per heavy atom. The summed E-state index contributed by atoms with van der Waals surface area (Å²) in [5.74, 6) is 3.08. The third kappa shape index (κ3) is 26.6. The van der Waals surface area contributed by atoms with E-state index in [2.05, 4.69) is 88.5 Å². The number of rotatable bonds is 28. The molecule has 12 rings (SSSR count). The third-order valence-corrected chi connectivity index (χ3v) is 19.5. The van der Waals surface area contributed by atoms with Crippen LogP contribution in [0.25, 0.3) is 0 Å². The van der Waals surface area contributed by atoms with Crippen LogP contribution in [0.1, 0.15) is 131 Å². The second-order valence-electron chi connectivity index (χ2n) is 27.6. The van der Waals surface area contributed by atoms with Gasteiger partial charge in [-0.25, -0.2) is 28.7 Å². The summed E-state index contributed by atoms with van der Waals surface area (Å²) in [7, 11) is 0. The van der Waals surface area contributed by atoms with Gasteiger partial charge in [-0.1, -0.05) is 83.9 Å². The molecule has 4 aliphatic carbocycles. The number of anilines is 8. The van der Waals surface area contributed by atoms with E-state index in [1.54, 1.807) is 36.4 Å². The van der Waals surface area contributed by atoms with E-state index in [0.717, 1.165) is 126 Å². The number of nitro groups is 4. The summed E-state index contributed by atoms with van der Waals surface area (Å²) in [6, 6.07) is 29.1. The summed E-state index contributed by atoms with van der Waals surface area (Å²) in [4.78, 5) is 76.3. The van der Waals surface area contributed by atoms with Crippen molar-refractivity contribution in [2.45, 2.75) is 160 Å². The second kappa shape index (κ2) is 41.3. The number of halogens is 3. The minimum atomic E-state index is -0.514. The van der Waals surface area contributed by atoms with Gasteiger partial charge in [-0.3, -0.25) is 40.5 Å². The minimum absolute atomic E-state index is 0.108. The molecule has 0 amide bonds. The van der Waals surface area contributed by atoms with E-state index in [1.807, 2.05) is 43.3 Å². The molecule has 4 heterocycles. The average molecular weight is 1510 g/mol. The summed E-state index contributed by atoms with van der Waals surface area (Å²) in [5, 5.41) is 70.3. The van der Waals surface area contributed by atoms with E-state index in [0.29, 0.717) is 92.0 Å². The van der Waals surface area contributed by atoms with Crippen molar-refractivity contribution in [3.63, 3.8) is 0 Å². The molecule has 0 saturated heterocycles. The van der Waals surface area contributed by atoms with Gasteiger partial charge in [-0.05, 0) is 180 Å². The van der Waals surface area contributed by atoms with Crippen molar-refractivity contribution in [3.8, 4) is 0 Å². The molecule has 108 heavy (non-hydrogen) atoms. The first-order valence-electron chi connectivity index (χ1n) is 36.3. The number of hydrogen-bond acceptors (Lipinski definition) is 28. The van der Waals surface area contributed by atoms with Crippen molar-refractivity contribution >= 4 is 81.4 Å². The lowest BCUT2D eigenvalue weighted by molar-refractivity contribution is -0.384. The zero-order chi connectivity index (χ0) is 76.9. The molecule has 4 aromatic heterocycles. The molecule has 4 aliphatic rings.